The van der Waals surface area contributed by atoms with Crippen LogP contribution in [-0.4, -0.2) is 31.8 Å². The molecule has 1 N–H and O–H groups in total. The van der Waals surface area contributed by atoms with Gasteiger partial charge in [0, 0.05) is 6.20 Å². The molecule has 0 saturated heterocycles. The van der Waals surface area contributed by atoms with Crippen LogP contribution in [0.15, 0.2) is 12.3 Å². The van der Waals surface area contributed by atoms with Crippen molar-refractivity contribution in [3.05, 3.63) is 29.2 Å². The Kier molecular flexibility index (Phi) is 3.44. The number of aromatic nitrogens is 3. The van der Waals surface area contributed by atoms with Crippen LogP contribution in [0.5, 0.6) is 0 Å². The molecular weight excluding hydrogens is 248 g/mol. The lowest BCUT2D eigenvalue weighted by atomic mass is 10.2. The molecule has 0 saturated carbocycles. The Balaban J connectivity index is 2.57. The number of hydrogen-bond acceptors (Lipinski definition) is 5. The SMILES string of the molecule is CC(C)OCc1nn2c(C(=O)O)ccnc2c1C#N. The Morgan fingerprint density at radius 1 is 1.63 bits per heavy atom. The van der Waals surface area contributed by atoms with E-state index in [2.05, 4.69) is 10.1 Å². The smallest absolute Gasteiger partial charge is 0.354 e. The predicted octanol–water partition coefficient (Wildman–Crippen LogP) is 1.22. The fourth-order valence-corrected chi connectivity index (χ4v) is 1.61. The van der Waals surface area contributed by atoms with Gasteiger partial charge in [0.05, 0.1) is 12.7 Å². The zero-order chi connectivity index (χ0) is 14.0. The molecule has 19 heavy (non-hydrogen) atoms. The van der Waals surface area contributed by atoms with Crippen molar-refractivity contribution >= 4 is 11.6 Å². The molecular formula is C12H12N4O3. The lowest BCUT2D eigenvalue weighted by molar-refractivity contribution is 0.0629. The van der Waals surface area contributed by atoms with Gasteiger partial charge in [-0.25, -0.2) is 14.3 Å². The third kappa shape index (κ3) is 2.39. The topological polar surface area (TPSA) is 101 Å². The second kappa shape index (κ2) is 5.04. The van der Waals surface area contributed by atoms with E-state index < -0.39 is 5.97 Å². The Morgan fingerprint density at radius 3 is 2.95 bits per heavy atom. The molecule has 0 amide bonds. The number of ether oxygens (including phenoxy) is 1. The van der Waals surface area contributed by atoms with Gasteiger partial charge in [0.25, 0.3) is 0 Å². The number of carboxylic acid groups (broad SMARTS) is 1. The largest absolute Gasteiger partial charge is 0.477 e. The monoisotopic (exact) mass is 260 g/mol. The number of nitriles is 1. The van der Waals surface area contributed by atoms with Crippen molar-refractivity contribution in [1.29, 1.82) is 5.26 Å². The standard InChI is InChI=1S/C12H12N4O3/c1-7(2)19-6-9-8(5-13)11-14-4-3-10(12(17)18)16(11)15-9/h3-4,7H,6H2,1-2H3,(H,17,18). The Hall–Kier alpha value is -2.46. The zero-order valence-electron chi connectivity index (χ0n) is 10.5. The van der Waals surface area contributed by atoms with E-state index in [0.29, 0.717) is 5.69 Å². The molecule has 0 bridgehead atoms. The second-order valence-electron chi connectivity index (χ2n) is 4.16. The van der Waals surface area contributed by atoms with Gasteiger partial charge in [0.1, 0.15) is 17.3 Å². The van der Waals surface area contributed by atoms with Crippen molar-refractivity contribution < 1.29 is 14.6 Å². The molecule has 0 aliphatic carbocycles. The van der Waals surface area contributed by atoms with E-state index in [-0.39, 0.29) is 29.6 Å². The Labute approximate surface area is 109 Å². The lowest BCUT2D eigenvalue weighted by Crippen LogP contribution is -2.07. The Morgan fingerprint density at radius 2 is 2.37 bits per heavy atom. The van der Waals surface area contributed by atoms with Gasteiger partial charge in [-0.05, 0) is 19.9 Å². The summed E-state index contributed by atoms with van der Waals surface area (Å²) in [5, 5.41) is 22.3. The highest BCUT2D eigenvalue weighted by atomic mass is 16.5. The summed E-state index contributed by atoms with van der Waals surface area (Å²) >= 11 is 0. The first-order valence-corrected chi connectivity index (χ1v) is 5.66. The lowest BCUT2D eigenvalue weighted by Gasteiger charge is -2.04. The van der Waals surface area contributed by atoms with Crippen molar-refractivity contribution in [1.82, 2.24) is 14.6 Å². The minimum Gasteiger partial charge on any atom is -0.477 e. The quantitative estimate of drug-likeness (QED) is 0.887. The molecule has 0 aromatic carbocycles. The van der Waals surface area contributed by atoms with Crippen LogP contribution in [0.3, 0.4) is 0 Å². The highest BCUT2D eigenvalue weighted by molar-refractivity contribution is 5.86. The summed E-state index contributed by atoms with van der Waals surface area (Å²) in [6, 6.07) is 3.32. The summed E-state index contributed by atoms with van der Waals surface area (Å²) in [7, 11) is 0. The zero-order valence-corrected chi connectivity index (χ0v) is 10.5. The van der Waals surface area contributed by atoms with Crippen LogP contribution in [0, 0.1) is 11.3 Å². The van der Waals surface area contributed by atoms with Crippen molar-refractivity contribution in [2.75, 3.05) is 0 Å². The van der Waals surface area contributed by atoms with Crippen molar-refractivity contribution in [3.8, 4) is 6.07 Å². The predicted molar refractivity (Wildman–Crippen MR) is 64.6 cm³/mol. The van der Waals surface area contributed by atoms with Gasteiger partial charge in [-0.1, -0.05) is 0 Å². The molecule has 0 aliphatic heterocycles. The molecule has 0 atom stereocenters. The van der Waals surface area contributed by atoms with Crippen LogP contribution < -0.4 is 0 Å². The minimum atomic E-state index is -1.13. The molecule has 2 aromatic rings. The van der Waals surface area contributed by atoms with E-state index in [1.54, 1.807) is 0 Å². The molecule has 7 heteroatoms. The molecule has 2 rings (SSSR count). The third-order valence-corrected chi connectivity index (χ3v) is 2.48. The first-order chi connectivity index (χ1) is 9.04. The molecule has 0 spiro atoms. The first-order valence-electron chi connectivity index (χ1n) is 5.66. The van der Waals surface area contributed by atoms with Crippen LogP contribution in [0.4, 0.5) is 0 Å². The molecule has 0 aliphatic rings. The number of hydrogen-bond donors (Lipinski definition) is 1. The van der Waals surface area contributed by atoms with Gasteiger partial charge in [-0.2, -0.15) is 10.4 Å². The molecule has 2 aromatic heterocycles. The van der Waals surface area contributed by atoms with Crippen LogP contribution in [0.1, 0.15) is 35.6 Å². The second-order valence-corrected chi connectivity index (χ2v) is 4.16. The number of fused-ring (bicyclic) bond motifs is 1. The molecule has 7 nitrogen and oxygen atoms in total. The van der Waals surface area contributed by atoms with Gasteiger partial charge < -0.3 is 9.84 Å². The molecule has 0 unspecified atom stereocenters. The van der Waals surface area contributed by atoms with E-state index in [4.69, 9.17) is 15.1 Å². The maximum absolute atomic E-state index is 11.1. The van der Waals surface area contributed by atoms with Crippen LogP contribution >= 0.6 is 0 Å². The summed E-state index contributed by atoms with van der Waals surface area (Å²) in [5.41, 5.74) is 0.809. The van der Waals surface area contributed by atoms with Gasteiger partial charge >= 0.3 is 5.97 Å². The van der Waals surface area contributed by atoms with Gasteiger partial charge in [-0.15, -0.1) is 0 Å². The van der Waals surface area contributed by atoms with Gasteiger partial charge in [0.2, 0.25) is 0 Å². The summed E-state index contributed by atoms with van der Waals surface area (Å²) in [4.78, 5) is 15.1. The molecule has 98 valence electrons. The average molecular weight is 260 g/mol. The van der Waals surface area contributed by atoms with Gasteiger partial charge in [-0.3, -0.25) is 0 Å². The number of aromatic carboxylic acids is 1. The summed E-state index contributed by atoms with van der Waals surface area (Å²) in [6.45, 7) is 3.87. The summed E-state index contributed by atoms with van der Waals surface area (Å²) in [6.07, 6.45) is 1.33. The van der Waals surface area contributed by atoms with Crippen LogP contribution in [0.2, 0.25) is 0 Å². The maximum atomic E-state index is 11.1. The van der Waals surface area contributed by atoms with Crippen LogP contribution in [0.25, 0.3) is 5.65 Å². The molecule has 0 radical (unpaired) electrons. The number of nitrogens with zero attached hydrogens (tertiary/aromatic N) is 4. The minimum absolute atomic E-state index is 0.0109. The van der Waals surface area contributed by atoms with E-state index in [0.717, 1.165) is 4.52 Å². The van der Waals surface area contributed by atoms with E-state index in [9.17, 15) is 4.79 Å². The fraction of sp³-hybridized carbons (Fsp3) is 0.333. The normalized spacial score (nSPS) is 10.8. The number of carbonyl (C=O) groups is 1. The number of rotatable bonds is 4. The fourth-order valence-electron chi connectivity index (χ4n) is 1.61. The van der Waals surface area contributed by atoms with Gasteiger partial charge in [0.15, 0.2) is 11.3 Å². The van der Waals surface area contributed by atoms with E-state index >= 15 is 0 Å². The maximum Gasteiger partial charge on any atom is 0.354 e. The third-order valence-electron chi connectivity index (χ3n) is 2.48. The van der Waals surface area contributed by atoms with E-state index in [1.165, 1.54) is 12.3 Å². The van der Waals surface area contributed by atoms with Crippen molar-refractivity contribution in [2.24, 2.45) is 0 Å². The highest BCUT2D eigenvalue weighted by Crippen LogP contribution is 2.16. The number of carboxylic acids is 1. The highest BCUT2D eigenvalue weighted by Gasteiger charge is 2.18. The molecule has 2 heterocycles. The molecule has 0 fully saturated rings. The van der Waals surface area contributed by atoms with Crippen LogP contribution in [-0.2, 0) is 11.3 Å². The van der Waals surface area contributed by atoms with Crippen molar-refractivity contribution in [2.45, 2.75) is 26.6 Å². The first kappa shape index (κ1) is 13.0. The average Bonchev–Trinajstić information content (AvgIpc) is 2.73. The van der Waals surface area contributed by atoms with Crippen molar-refractivity contribution in [3.63, 3.8) is 0 Å². The summed E-state index contributed by atoms with van der Waals surface area (Å²) < 4.78 is 6.55. The van der Waals surface area contributed by atoms with E-state index in [1.807, 2.05) is 19.9 Å². The Bertz CT molecular complexity index is 669. The summed E-state index contributed by atoms with van der Waals surface area (Å²) in [5.74, 6) is -1.13.